The number of carbonyl (C=O) groups excluding carboxylic acids is 1. The van der Waals surface area contributed by atoms with Crippen LogP contribution in [0.2, 0.25) is 0 Å². The Hall–Kier alpha value is -2.12. The Bertz CT molecular complexity index is 950. The van der Waals surface area contributed by atoms with Gasteiger partial charge in [-0.05, 0) is 18.9 Å². The Morgan fingerprint density at radius 3 is 2.85 bits per heavy atom. The summed E-state index contributed by atoms with van der Waals surface area (Å²) in [5.41, 5.74) is 1.72. The van der Waals surface area contributed by atoms with Crippen LogP contribution in [-0.4, -0.2) is 27.7 Å². The first-order chi connectivity index (χ1) is 12.6. The normalized spacial score (nSPS) is 12.2. The van der Waals surface area contributed by atoms with E-state index in [4.69, 9.17) is 0 Å². The third kappa shape index (κ3) is 4.34. The van der Waals surface area contributed by atoms with Gasteiger partial charge in [-0.15, -0.1) is 11.3 Å². The number of rotatable bonds is 7. The maximum Gasteiger partial charge on any atom is 0.260 e. The number of benzene rings is 1. The number of H-pyrrole nitrogens is 1. The molecule has 1 amide bonds. The number of nitrogens with zero attached hydrogens (tertiary/aromatic N) is 1. The first-order valence-electron chi connectivity index (χ1n) is 8.57. The first kappa shape index (κ1) is 18.7. The van der Waals surface area contributed by atoms with Crippen molar-refractivity contribution in [1.29, 1.82) is 0 Å². The molecule has 1 aromatic carbocycles. The van der Waals surface area contributed by atoms with Crippen LogP contribution in [0.5, 0.6) is 0 Å². The molecule has 0 aliphatic rings. The second-order valence-electron chi connectivity index (χ2n) is 6.11. The minimum atomic E-state index is -0.169. The summed E-state index contributed by atoms with van der Waals surface area (Å²) in [5, 5.41) is 5.98. The molecule has 7 heteroatoms. The van der Waals surface area contributed by atoms with E-state index in [1.807, 2.05) is 42.6 Å². The minimum Gasteiger partial charge on any atom is -0.353 e. The Morgan fingerprint density at radius 2 is 2.12 bits per heavy atom. The number of nitrogens with one attached hydrogen (secondary N) is 2. The van der Waals surface area contributed by atoms with Crippen LogP contribution in [0.4, 0.5) is 0 Å². The van der Waals surface area contributed by atoms with E-state index in [1.54, 1.807) is 0 Å². The number of hydrogen-bond acceptors (Lipinski definition) is 5. The van der Waals surface area contributed by atoms with E-state index in [2.05, 4.69) is 22.2 Å². The number of aromatic nitrogens is 2. The Balaban J connectivity index is 1.76. The van der Waals surface area contributed by atoms with Gasteiger partial charge in [-0.25, -0.2) is 4.98 Å². The summed E-state index contributed by atoms with van der Waals surface area (Å²) in [6.45, 7) is 4.08. The van der Waals surface area contributed by atoms with Gasteiger partial charge in [0, 0.05) is 17.0 Å². The molecular formula is C19H21N3O2S2. The molecule has 0 saturated carbocycles. The average molecular weight is 388 g/mol. The Kier molecular flexibility index (Phi) is 6.11. The fourth-order valence-electron chi connectivity index (χ4n) is 2.78. The second-order valence-corrected chi connectivity index (χ2v) is 7.93. The lowest BCUT2D eigenvalue weighted by Crippen LogP contribution is -2.33. The minimum absolute atomic E-state index is 0.0464. The molecule has 2 N–H and O–H groups in total. The molecule has 0 radical (unpaired) electrons. The smallest absolute Gasteiger partial charge is 0.260 e. The lowest BCUT2D eigenvalue weighted by molar-refractivity contribution is -0.119. The maximum atomic E-state index is 12.6. The molecule has 3 rings (SSSR count). The number of amides is 1. The topological polar surface area (TPSA) is 74.8 Å². The fourth-order valence-corrected chi connectivity index (χ4v) is 4.46. The Morgan fingerprint density at radius 1 is 1.35 bits per heavy atom. The number of carbonyl (C=O) groups is 1. The molecule has 0 aliphatic heterocycles. The van der Waals surface area contributed by atoms with Gasteiger partial charge in [-0.2, -0.15) is 0 Å². The lowest BCUT2D eigenvalue weighted by Gasteiger charge is -2.12. The highest BCUT2D eigenvalue weighted by molar-refractivity contribution is 7.99. The summed E-state index contributed by atoms with van der Waals surface area (Å²) >= 11 is 2.69. The van der Waals surface area contributed by atoms with Crippen LogP contribution in [0.3, 0.4) is 0 Å². The molecule has 0 unspecified atom stereocenters. The van der Waals surface area contributed by atoms with E-state index in [0.717, 1.165) is 24.0 Å². The zero-order chi connectivity index (χ0) is 18.5. The van der Waals surface area contributed by atoms with Crippen molar-refractivity contribution in [3.05, 3.63) is 46.1 Å². The highest BCUT2D eigenvalue weighted by Crippen LogP contribution is 2.31. The van der Waals surface area contributed by atoms with Crippen molar-refractivity contribution in [1.82, 2.24) is 15.3 Å². The Labute approximate surface area is 160 Å². The van der Waals surface area contributed by atoms with Crippen molar-refractivity contribution >= 4 is 39.2 Å². The van der Waals surface area contributed by atoms with Crippen LogP contribution < -0.4 is 10.9 Å². The van der Waals surface area contributed by atoms with Crippen molar-refractivity contribution in [3.63, 3.8) is 0 Å². The van der Waals surface area contributed by atoms with Gasteiger partial charge in [0.1, 0.15) is 4.83 Å². The van der Waals surface area contributed by atoms with Crippen LogP contribution in [0.1, 0.15) is 26.7 Å². The third-order valence-electron chi connectivity index (χ3n) is 3.98. The summed E-state index contributed by atoms with van der Waals surface area (Å²) in [7, 11) is 0. The molecule has 0 aliphatic carbocycles. The van der Waals surface area contributed by atoms with Crippen LogP contribution in [0.25, 0.3) is 21.3 Å². The summed E-state index contributed by atoms with van der Waals surface area (Å²) in [4.78, 5) is 32.6. The van der Waals surface area contributed by atoms with Crippen molar-refractivity contribution in [3.8, 4) is 11.1 Å². The molecule has 1 atom stereocenters. The van der Waals surface area contributed by atoms with Crippen LogP contribution in [0.15, 0.2) is 45.7 Å². The van der Waals surface area contributed by atoms with Gasteiger partial charge in [0.25, 0.3) is 5.56 Å². The largest absolute Gasteiger partial charge is 0.353 e. The summed E-state index contributed by atoms with van der Waals surface area (Å²) in [6.07, 6.45) is 1.98. The van der Waals surface area contributed by atoms with Gasteiger partial charge in [0.05, 0.1) is 11.1 Å². The average Bonchev–Trinajstić information content (AvgIpc) is 3.05. The highest BCUT2D eigenvalue weighted by atomic mass is 32.2. The monoisotopic (exact) mass is 387 g/mol. The van der Waals surface area contributed by atoms with E-state index in [1.165, 1.54) is 23.1 Å². The van der Waals surface area contributed by atoms with Crippen molar-refractivity contribution in [2.24, 2.45) is 0 Å². The van der Waals surface area contributed by atoms with Crippen molar-refractivity contribution in [2.45, 2.75) is 37.9 Å². The molecule has 0 bridgehead atoms. The molecule has 5 nitrogen and oxygen atoms in total. The fraction of sp³-hybridized carbons (Fsp3) is 0.316. The predicted octanol–water partition coefficient (Wildman–Crippen LogP) is 4.05. The number of thioether (sulfide) groups is 1. The molecular weight excluding hydrogens is 366 g/mol. The molecule has 0 fully saturated rings. The van der Waals surface area contributed by atoms with E-state index in [0.29, 0.717) is 15.4 Å². The zero-order valence-electron chi connectivity index (χ0n) is 14.7. The summed E-state index contributed by atoms with van der Waals surface area (Å²) in [6, 6.07) is 9.96. The molecule has 0 saturated heterocycles. The molecule has 2 heterocycles. The molecule has 0 spiro atoms. The summed E-state index contributed by atoms with van der Waals surface area (Å²) < 4.78 is 0. The van der Waals surface area contributed by atoms with E-state index >= 15 is 0 Å². The van der Waals surface area contributed by atoms with E-state index < -0.39 is 0 Å². The predicted molar refractivity (Wildman–Crippen MR) is 109 cm³/mol. The quantitative estimate of drug-likeness (QED) is 0.474. The number of thiophene rings is 1. The molecule has 2 aromatic heterocycles. The number of hydrogen-bond donors (Lipinski definition) is 2. The maximum absolute atomic E-state index is 12.6. The zero-order valence-corrected chi connectivity index (χ0v) is 16.4. The van der Waals surface area contributed by atoms with E-state index in [-0.39, 0.29) is 23.3 Å². The van der Waals surface area contributed by atoms with Gasteiger partial charge in [0.15, 0.2) is 5.16 Å². The summed E-state index contributed by atoms with van der Waals surface area (Å²) in [5.74, 6) is 0.189. The first-order valence-corrected chi connectivity index (χ1v) is 10.4. The van der Waals surface area contributed by atoms with Crippen molar-refractivity contribution < 1.29 is 4.79 Å². The molecule has 136 valence electrons. The third-order valence-corrected chi connectivity index (χ3v) is 5.72. The van der Waals surface area contributed by atoms with Crippen molar-refractivity contribution in [2.75, 3.05) is 5.75 Å². The van der Waals surface area contributed by atoms with Crippen LogP contribution >= 0.6 is 23.1 Å². The number of aromatic amines is 1. The SMILES string of the molecule is CCC[C@@H](C)NC(=O)CSc1nc2scc(-c3ccccc3)c2c(=O)[nH]1. The number of fused-ring (bicyclic) bond motifs is 1. The van der Waals surface area contributed by atoms with E-state index in [9.17, 15) is 9.59 Å². The van der Waals surface area contributed by atoms with Gasteiger partial charge >= 0.3 is 0 Å². The molecule has 3 aromatic rings. The highest BCUT2D eigenvalue weighted by Gasteiger charge is 2.14. The van der Waals surface area contributed by atoms with Crippen LogP contribution in [0, 0.1) is 0 Å². The van der Waals surface area contributed by atoms with Gasteiger partial charge in [0.2, 0.25) is 5.91 Å². The van der Waals surface area contributed by atoms with Crippen LogP contribution in [-0.2, 0) is 4.79 Å². The standard InChI is InChI=1S/C19H21N3O2S2/c1-3-7-12(2)20-15(23)11-26-19-21-17(24)16-14(10-25-18(16)22-19)13-8-5-4-6-9-13/h4-6,8-10,12H,3,7,11H2,1-2H3,(H,20,23)(H,21,22,24)/t12-/m1/s1. The van der Waals surface area contributed by atoms with Gasteiger partial charge < -0.3 is 10.3 Å². The lowest BCUT2D eigenvalue weighted by atomic mass is 10.1. The van der Waals surface area contributed by atoms with Gasteiger partial charge in [-0.1, -0.05) is 55.4 Å². The molecule has 26 heavy (non-hydrogen) atoms. The second kappa shape index (κ2) is 8.51. The van der Waals surface area contributed by atoms with Gasteiger partial charge in [-0.3, -0.25) is 9.59 Å².